The van der Waals surface area contributed by atoms with E-state index in [1.54, 1.807) is 55.4 Å². The molecule has 0 spiro atoms. The number of cyclic esters (lactones) is 1. The second-order valence-corrected chi connectivity index (χ2v) is 29.0. The zero-order valence-corrected chi connectivity index (χ0v) is 63.8. The van der Waals surface area contributed by atoms with Crippen molar-refractivity contribution >= 4 is 82.8 Å². The molecule has 0 aromatic carbocycles. The van der Waals surface area contributed by atoms with E-state index in [9.17, 15) is 62.3 Å². The Morgan fingerprint density at radius 3 is 1.45 bits per heavy atom. The topological polar surface area (TPSA) is 352 Å². The van der Waals surface area contributed by atoms with Crippen LogP contribution in [0.1, 0.15) is 189 Å². The molecule has 14 atom stereocenters. The number of carbonyl (C=O) groups excluding carboxylic acids is 14. The lowest BCUT2D eigenvalue weighted by molar-refractivity contribution is -0.164. The first-order valence-corrected chi connectivity index (χ1v) is 35.2. The predicted octanol–water partition coefficient (Wildman–Crippen LogP) is 2.98. The van der Waals surface area contributed by atoms with E-state index in [0.29, 0.717) is 19.3 Å². The predicted molar refractivity (Wildman–Crippen MR) is 373 cm³/mol. The van der Waals surface area contributed by atoms with Gasteiger partial charge in [-0.25, -0.2) is 4.79 Å². The zero-order chi connectivity index (χ0) is 75.7. The fourth-order valence-corrected chi connectivity index (χ4v) is 11.9. The van der Waals surface area contributed by atoms with Crippen LogP contribution in [0.15, 0.2) is 0 Å². The summed E-state index contributed by atoms with van der Waals surface area (Å²) in [6.07, 6.45) is -0.874. The minimum absolute atomic E-state index is 0.0851. The lowest BCUT2D eigenvalue weighted by atomic mass is 9.94. The molecule has 1 fully saturated rings. The highest BCUT2D eigenvalue weighted by molar-refractivity contribution is 5.97. The lowest BCUT2D eigenvalue weighted by Gasteiger charge is -2.37. The maximum absolute atomic E-state index is 15.0. The highest BCUT2D eigenvalue weighted by atomic mass is 16.5. The molecule has 0 aromatic heterocycles. The first-order chi connectivity index (χ1) is 45.4. The Morgan fingerprint density at radius 2 is 1.00 bits per heavy atom. The van der Waals surface area contributed by atoms with Gasteiger partial charge in [0.2, 0.25) is 76.8 Å². The van der Waals surface area contributed by atoms with Gasteiger partial charge in [0.05, 0.1) is 0 Å². The summed E-state index contributed by atoms with van der Waals surface area (Å²) in [5.74, 6) is -11.9. The number of hydrogen-bond acceptors (Lipinski definition) is 15. The van der Waals surface area contributed by atoms with E-state index in [4.69, 9.17) is 4.74 Å². The Labute approximate surface area is 584 Å². The quantitative estimate of drug-likeness (QED) is 0.0915. The van der Waals surface area contributed by atoms with Crippen molar-refractivity contribution < 1.29 is 71.9 Å². The van der Waals surface area contributed by atoms with Gasteiger partial charge in [0.15, 0.2) is 0 Å². The molecular weight excluding hydrogens is 1260 g/mol. The molecule has 1 aliphatic heterocycles. The average Bonchev–Trinajstić information content (AvgIpc) is 0.833. The molecule has 98 heavy (non-hydrogen) atoms. The molecule has 1 aliphatic rings. The number of ether oxygens (including phenoxy) is 1. The second kappa shape index (κ2) is 41.9. The summed E-state index contributed by atoms with van der Waals surface area (Å²) in [6, 6.07) is -12.0. The van der Waals surface area contributed by atoms with Crippen LogP contribution in [0.5, 0.6) is 0 Å². The molecule has 1 heterocycles. The summed E-state index contributed by atoms with van der Waals surface area (Å²) in [5.41, 5.74) is 0. The number of likely N-dealkylation sites (N-methyl/N-ethyl adjacent to an activating group) is 6. The molecule has 0 aromatic rings. The van der Waals surface area contributed by atoms with Gasteiger partial charge in [0.25, 0.3) is 0 Å². The van der Waals surface area contributed by atoms with Crippen LogP contribution in [-0.2, 0) is 71.9 Å². The third kappa shape index (κ3) is 26.7. The molecule has 0 aliphatic carbocycles. The molecule has 0 radical (unpaired) electrons. The molecule has 28 nitrogen and oxygen atoms in total. The Morgan fingerprint density at radius 1 is 0.551 bits per heavy atom. The van der Waals surface area contributed by atoms with Crippen LogP contribution in [0.2, 0.25) is 0 Å². The summed E-state index contributed by atoms with van der Waals surface area (Å²) < 4.78 is 6.15. The Hall–Kier alpha value is -7.42. The highest BCUT2D eigenvalue weighted by Gasteiger charge is 2.44. The smallest absolute Gasteiger partial charge is 0.329 e. The summed E-state index contributed by atoms with van der Waals surface area (Å²) in [5, 5.41) is 19.3. The lowest BCUT2D eigenvalue weighted by Crippen LogP contribution is -2.61. The summed E-state index contributed by atoms with van der Waals surface area (Å²) in [7, 11) is 8.49. The monoisotopic (exact) mass is 1390 g/mol. The second-order valence-electron chi connectivity index (χ2n) is 29.0. The highest BCUT2D eigenvalue weighted by Crippen LogP contribution is 2.24. The molecule has 28 heteroatoms. The third-order valence-corrected chi connectivity index (χ3v) is 18.6. The normalized spacial score (nSPS) is 25.1. The van der Waals surface area contributed by atoms with Crippen molar-refractivity contribution in [3.8, 4) is 0 Å². The van der Waals surface area contributed by atoms with E-state index in [0.717, 1.165) is 4.90 Å². The van der Waals surface area contributed by atoms with E-state index in [1.165, 1.54) is 87.6 Å². The Bertz CT molecular complexity index is 2730. The number of hydrogen-bond donors (Lipinski definition) is 7. The Balaban J connectivity index is 4.22. The number of nitrogens with one attached hydrogen (secondary N) is 7. The summed E-state index contributed by atoms with van der Waals surface area (Å²) in [4.78, 5) is 206. The van der Waals surface area contributed by atoms with Crippen LogP contribution in [0, 0.1) is 47.3 Å². The maximum atomic E-state index is 15.0. The molecular formula is C70H125N13O15. The van der Waals surface area contributed by atoms with E-state index in [-0.39, 0.29) is 75.9 Å². The molecule has 1 rings (SSSR count). The number of rotatable bonds is 19. The largest absolute Gasteiger partial charge is 0.458 e. The van der Waals surface area contributed by atoms with E-state index in [1.807, 2.05) is 55.4 Å². The Kier molecular flexibility index (Phi) is 37.8. The van der Waals surface area contributed by atoms with E-state index < -0.39 is 179 Å². The van der Waals surface area contributed by atoms with Crippen LogP contribution in [0.25, 0.3) is 0 Å². The van der Waals surface area contributed by atoms with Gasteiger partial charge in [-0.3, -0.25) is 62.3 Å². The van der Waals surface area contributed by atoms with Gasteiger partial charge >= 0.3 is 5.97 Å². The van der Waals surface area contributed by atoms with Crippen LogP contribution in [0.3, 0.4) is 0 Å². The van der Waals surface area contributed by atoms with Gasteiger partial charge < -0.3 is 71.4 Å². The fraction of sp³-hybridized carbons (Fsp3) is 0.800. The molecule has 0 saturated carbocycles. The van der Waals surface area contributed by atoms with Crippen LogP contribution in [0.4, 0.5) is 0 Å². The number of carbonyl (C=O) groups is 14. The molecule has 7 N–H and O–H groups in total. The van der Waals surface area contributed by atoms with Gasteiger partial charge in [0, 0.05) is 88.1 Å². The van der Waals surface area contributed by atoms with Crippen LogP contribution in [-0.4, -0.2) is 241 Å². The molecule has 0 bridgehead atoms. The van der Waals surface area contributed by atoms with E-state index >= 15 is 4.79 Å². The van der Waals surface area contributed by atoms with E-state index in [2.05, 4.69) is 37.2 Å². The molecule has 13 amide bonds. The first kappa shape index (κ1) is 88.6. The van der Waals surface area contributed by atoms with Gasteiger partial charge in [-0.1, -0.05) is 130 Å². The van der Waals surface area contributed by atoms with Gasteiger partial charge in [0.1, 0.15) is 66.5 Å². The zero-order valence-electron chi connectivity index (χ0n) is 63.8. The molecule has 1 saturated heterocycles. The maximum Gasteiger partial charge on any atom is 0.329 e. The van der Waals surface area contributed by atoms with Gasteiger partial charge in [-0.15, -0.1) is 0 Å². The van der Waals surface area contributed by atoms with Crippen LogP contribution >= 0.6 is 0 Å². The average molecular weight is 1390 g/mol. The molecule has 0 unspecified atom stereocenters. The van der Waals surface area contributed by atoms with Crippen molar-refractivity contribution in [1.82, 2.24) is 66.6 Å². The van der Waals surface area contributed by atoms with Crippen molar-refractivity contribution in [3.05, 3.63) is 0 Å². The van der Waals surface area contributed by atoms with Crippen molar-refractivity contribution in [2.45, 2.75) is 256 Å². The third-order valence-electron chi connectivity index (χ3n) is 18.6. The van der Waals surface area contributed by atoms with Gasteiger partial charge in [-0.05, 0) is 80.5 Å². The summed E-state index contributed by atoms with van der Waals surface area (Å²) >= 11 is 0. The minimum atomic E-state index is -1.70. The SMILES string of the molecule is CC[C@H](C)[C@H]1C(=O)NCCC(=O)N[C@H]([C@@H](C)CC)C(=O)N(C)[C@@H](C(C)C)C(=O)N(C)[C@@H](C)C(=O)NCCC(=O)N[C@H](CC(C)C)C(=O)N(C)[C@H]([C@@H](C)CC)C(=O)O[C@H](C)[C@H](NC(=O)[C@@H](CC(C)C)N(C)C(=O)[C@@H](NC(C)=O)C(C)C)C(=O)N(C)CCC(=O)N[C@H](CC(C)C)C(=O)N1C. The number of esters is 1. The minimum Gasteiger partial charge on any atom is -0.458 e. The van der Waals surface area contributed by atoms with Crippen molar-refractivity contribution in [3.63, 3.8) is 0 Å². The summed E-state index contributed by atoms with van der Waals surface area (Å²) in [6.45, 7) is 32.2. The standard InChI is InChI=1S/C70H125N13O15/c1-26-43(14)56-68(95)81(23)58(42(12)13)69(96)79(21)46(17)61(88)71-32-29-52(85)74-50(36-39(6)7)65(92)83(25)60(45(16)28-3)70(97)98-47(18)57(77-62(89)51(37-40(8)9)80(22)67(94)55(41(10)11)73-48(19)84)66(93)78(20)34-31-54(87)75-49(35-38(4)5)64(91)82(24)59(44(15)27-2)63(90)72-33-30-53(86)76-56/h38-47,49-51,55-60H,26-37H2,1-25H3,(H,71,88)(H,72,90)(H,73,84)(H,74,85)(H,75,87)(H,76,86)(H,77,89)/t43-,44-,45-,46-,47+,49+,50+,51+,55-,56+,57-,58-,59-,60+/m0/s1. The van der Waals surface area contributed by atoms with Crippen molar-refractivity contribution in [2.75, 3.05) is 61.9 Å². The van der Waals surface area contributed by atoms with Crippen molar-refractivity contribution in [2.24, 2.45) is 47.3 Å². The number of nitrogens with zero attached hydrogens (tertiary/aromatic N) is 6. The fourth-order valence-electron chi connectivity index (χ4n) is 11.9. The first-order valence-electron chi connectivity index (χ1n) is 35.2. The molecule has 560 valence electrons. The number of amides is 13. The van der Waals surface area contributed by atoms with Gasteiger partial charge in [-0.2, -0.15) is 0 Å². The van der Waals surface area contributed by atoms with Crippen molar-refractivity contribution in [1.29, 1.82) is 0 Å². The van der Waals surface area contributed by atoms with Crippen LogP contribution < -0.4 is 37.2 Å².